The molecule has 0 spiro atoms. The zero-order valence-electron chi connectivity index (χ0n) is 17.2. The molecule has 1 amide bonds. The van der Waals surface area contributed by atoms with Crippen LogP contribution < -0.4 is 10.6 Å². The molecule has 1 aromatic carbocycles. The van der Waals surface area contributed by atoms with E-state index in [-0.39, 0.29) is 18.5 Å². The Morgan fingerprint density at radius 2 is 1.96 bits per heavy atom. The fourth-order valence-corrected chi connectivity index (χ4v) is 4.00. The Morgan fingerprint density at radius 1 is 1.25 bits per heavy atom. The molecule has 2 fully saturated rings. The molecule has 0 heterocycles. The first-order valence-corrected chi connectivity index (χ1v) is 10.4. The molecule has 6 heteroatoms. The number of hydrogen-bond acceptors (Lipinski definition) is 4. The standard InChI is InChI=1S/C22H33N3O3/c1-14-5-4-6-20(16(14)3)24-21(26)9-15(2)23-18-10-19(11-18)25(13-22(27)28)12-17-7-8-17/h4-6,15,17-19,23H,7-13H2,1-3H3,(H,24,26)(H,27,28). The van der Waals surface area contributed by atoms with Crippen LogP contribution in [0.15, 0.2) is 18.2 Å². The van der Waals surface area contributed by atoms with E-state index in [2.05, 4.69) is 15.5 Å². The van der Waals surface area contributed by atoms with Crippen molar-refractivity contribution in [2.45, 2.75) is 71.0 Å². The fourth-order valence-electron chi connectivity index (χ4n) is 4.00. The van der Waals surface area contributed by atoms with Crippen molar-refractivity contribution in [2.24, 2.45) is 5.92 Å². The second-order valence-electron chi connectivity index (χ2n) is 8.66. The summed E-state index contributed by atoms with van der Waals surface area (Å²) >= 11 is 0. The Morgan fingerprint density at radius 3 is 2.61 bits per heavy atom. The van der Waals surface area contributed by atoms with Crippen LogP contribution in [0.3, 0.4) is 0 Å². The number of carboxylic acids is 1. The van der Waals surface area contributed by atoms with Crippen LogP contribution in [-0.2, 0) is 9.59 Å². The van der Waals surface area contributed by atoms with Crippen molar-refractivity contribution in [1.82, 2.24) is 10.2 Å². The molecular formula is C22H33N3O3. The lowest BCUT2D eigenvalue weighted by Crippen LogP contribution is -2.56. The van der Waals surface area contributed by atoms with Gasteiger partial charge < -0.3 is 15.7 Å². The number of hydrogen-bond donors (Lipinski definition) is 3. The van der Waals surface area contributed by atoms with Crippen molar-refractivity contribution in [3.05, 3.63) is 29.3 Å². The summed E-state index contributed by atoms with van der Waals surface area (Å²) in [5, 5.41) is 15.7. The van der Waals surface area contributed by atoms with E-state index in [1.165, 1.54) is 18.4 Å². The Bertz CT molecular complexity index is 711. The molecule has 0 aromatic heterocycles. The van der Waals surface area contributed by atoms with Gasteiger partial charge in [0.25, 0.3) is 0 Å². The average Bonchev–Trinajstić information content (AvgIpc) is 3.38. The number of aryl methyl sites for hydroxylation is 1. The summed E-state index contributed by atoms with van der Waals surface area (Å²) in [6.45, 7) is 7.15. The van der Waals surface area contributed by atoms with Gasteiger partial charge in [-0.2, -0.15) is 0 Å². The number of nitrogens with zero attached hydrogens (tertiary/aromatic N) is 1. The van der Waals surface area contributed by atoms with Gasteiger partial charge in [0, 0.05) is 36.8 Å². The highest BCUT2D eigenvalue weighted by molar-refractivity contribution is 5.92. The molecule has 2 aliphatic rings. The number of amides is 1. The minimum Gasteiger partial charge on any atom is -0.480 e. The Kier molecular flexibility index (Phi) is 6.73. The molecule has 1 unspecified atom stereocenters. The van der Waals surface area contributed by atoms with Crippen LogP contribution in [0, 0.1) is 19.8 Å². The topological polar surface area (TPSA) is 81.7 Å². The molecule has 154 valence electrons. The minimum atomic E-state index is -0.742. The summed E-state index contributed by atoms with van der Waals surface area (Å²) < 4.78 is 0. The second kappa shape index (κ2) is 9.05. The predicted octanol–water partition coefficient (Wildman–Crippen LogP) is 2.94. The molecule has 0 aliphatic heterocycles. The summed E-state index contributed by atoms with van der Waals surface area (Å²) in [4.78, 5) is 25.6. The highest BCUT2D eigenvalue weighted by Crippen LogP contribution is 2.34. The maximum Gasteiger partial charge on any atom is 0.317 e. The number of carboxylic acid groups (broad SMARTS) is 1. The van der Waals surface area contributed by atoms with Crippen molar-refractivity contribution in [3.8, 4) is 0 Å². The number of carbonyl (C=O) groups is 2. The molecule has 3 rings (SSSR count). The van der Waals surface area contributed by atoms with Gasteiger partial charge in [0.2, 0.25) is 5.91 Å². The number of anilines is 1. The summed E-state index contributed by atoms with van der Waals surface area (Å²) in [5.74, 6) is -0.0293. The van der Waals surface area contributed by atoms with Gasteiger partial charge >= 0.3 is 5.97 Å². The number of aliphatic carboxylic acids is 1. The normalized spacial score (nSPS) is 22.6. The van der Waals surface area contributed by atoms with Crippen molar-refractivity contribution < 1.29 is 14.7 Å². The van der Waals surface area contributed by atoms with Gasteiger partial charge in [-0.3, -0.25) is 14.5 Å². The highest BCUT2D eigenvalue weighted by Gasteiger charge is 2.37. The maximum atomic E-state index is 12.4. The molecule has 3 N–H and O–H groups in total. The third-order valence-electron chi connectivity index (χ3n) is 6.05. The van der Waals surface area contributed by atoms with E-state index in [0.717, 1.165) is 30.6 Å². The predicted molar refractivity (Wildman–Crippen MR) is 111 cm³/mol. The van der Waals surface area contributed by atoms with E-state index in [1.54, 1.807) is 0 Å². The third kappa shape index (κ3) is 5.79. The van der Waals surface area contributed by atoms with E-state index >= 15 is 0 Å². The first-order valence-electron chi connectivity index (χ1n) is 10.4. The van der Waals surface area contributed by atoms with E-state index in [4.69, 9.17) is 5.11 Å². The van der Waals surface area contributed by atoms with Gasteiger partial charge in [0.1, 0.15) is 0 Å². The molecule has 1 aromatic rings. The second-order valence-corrected chi connectivity index (χ2v) is 8.66. The monoisotopic (exact) mass is 387 g/mol. The Hall–Kier alpha value is -1.92. The quantitative estimate of drug-likeness (QED) is 0.575. The van der Waals surface area contributed by atoms with Gasteiger partial charge in [0.15, 0.2) is 0 Å². The first kappa shape index (κ1) is 20.8. The molecule has 28 heavy (non-hydrogen) atoms. The van der Waals surface area contributed by atoms with Gasteiger partial charge in [-0.05, 0) is 69.6 Å². The van der Waals surface area contributed by atoms with E-state index < -0.39 is 5.97 Å². The van der Waals surface area contributed by atoms with Gasteiger partial charge in [-0.15, -0.1) is 0 Å². The molecular weight excluding hydrogens is 354 g/mol. The van der Waals surface area contributed by atoms with Gasteiger partial charge in [-0.1, -0.05) is 12.1 Å². The van der Waals surface area contributed by atoms with Crippen LogP contribution in [-0.4, -0.2) is 53.1 Å². The van der Waals surface area contributed by atoms with E-state index in [0.29, 0.717) is 24.4 Å². The van der Waals surface area contributed by atoms with Gasteiger partial charge in [-0.25, -0.2) is 0 Å². The molecule has 2 saturated carbocycles. The number of carbonyl (C=O) groups excluding carboxylic acids is 1. The molecule has 1 atom stereocenters. The summed E-state index contributed by atoms with van der Waals surface area (Å²) in [5.41, 5.74) is 3.15. The number of benzene rings is 1. The third-order valence-corrected chi connectivity index (χ3v) is 6.05. The van der Waals surface area contributed by atoms with Crippen LogP contribution in [0.25, 0.3) is 0 Å². The smallest absolute Gasteiger partial charge is 0.317 e. The lowest BCUT2D eigenvalue weighted by molar-refractivity contribution is -0.139. The fraction of sp³-hybridized carbons (Fsp3) is 0.636. The largest absolute Gasteiger partial charge is 0.480 e. The Balaban J connectivity index is 1.40. The molecule has 0 radical (unpaired) electrons. The highest BCUT2D eigenvalue weighted by atomic mass is 16.4. The first-order chi connectivity index (χ1) is 13.3. The van der Waals surface area contributed by atoms with Crippen LogP contribution >= 0.6 is 0 Å². The minimum absolute atomic E-state index is 0.0193. The lowest BCUT2D eigenvalue weighted by atomic mass is 9.84. The molecule has 0 saturated heterocycles. The zero-order chi connectivity index (χ0) is 20.3. The number of nitrogens with one attached hydrogen (secondary N) is 2. The van der Waals surface area contributed by atoms with Crippen LogP contribution in [0.1, 0.15) is 50.2 Å². The maximum absolute atomic E-state index is 12.4. The zero-order valence-corrected chi connectivity index (χ0v) is 17.2. The molecule has 2 aliphatic carbocycles. The van der Waals surface area contributed by atoms with E-state index in [9.17, 15) is 9.59 Å². The number of rotatable bonds is 10. The summed E-state index contributed by atoms with van der Waals surface area (Å²) in [7, 11) is 0. The van der Waals surface area contributed by atoms with Crippen molar-refractivity contribution in [3.63, 3.8) is 0 Å². The van der Waals surface area contributed by atoms with E-state index in [1.807, 2.05) is 39.0 Å². The summed E-state index contributed by atoms with van der Waals surface area (Å²) in [6.07, 6.45) is 4.81. The molecule has 6 nitrogen and oxygen atoms in total. The van der Waals surface area contributed by atoms with Crippen molar-refractivity contribution in [2.75, 3.05) is 18.4 Å². The average molecular weight is 388 g/mol. The van der Waals surface area contributed by atoms with Crippen LogP contribution in [0.4, 0.5) is 5.69 Å². The Labute approximate surface area is 167 Å². The molecule has 0 bridgehead atoms. The van der Waals surface area contributed by atoms with Crippen LogP contribution in [0.5, 0.6) is 0 Å². The van der Waals surface area contributed by atoms with Crippen molar-refractivity contribution in [1.29, 1.82) is 0 Å². The van der Waals surface area contributed by atoms with Crippen LogP contribution in [0.2, 0.25) is 0 Å². The van der Waals surface area contributed by atoms with Gasteiger partial charge in [0.05, 0.1) is 6.54 Å². The van der Waals surface area contributed by atoms with Crippen molar-refractivity contribution >= 4 is 17.6 Å². The lowest BCUT2D eigenvalue weighted by Gasteiger charge is -2.44. The SMILES string of the molecule is Cc1cccc(NC(=O)CC(C)NC2CC(N(CC(=O)O)CC3CC3)C2)c1C. The summed E-state index contributed by atoms with van der Waals surface area (Å²) in [6, 6.07) is 6.74.